The quantitative estimate of drug-likeness (QED) is 0.561. The highest BCUT2D eigenvalue weighted by atomic mass is 16.6. The van der Waals surface area contributed by atoms with Gasteiger partial charge in [0.15, 0.2) is 0 Å². The summed E-state index contributed by atoms with van der Waals surface area (Å²) in [6.45, 7) is 10.7. The molecular formula is C15H24O2. The summed E-state index contributed by atoms with van der Waals surface area (Å²) >= 11 is 0. The standard InChI is InChI=1S/C15H24O2/c1-8(2)12-10-7-9(3)5-6-11(10)15(4)14(17-15)13(12)16/h9-14,16H,1,5-7H2,2-4H3/t9-,10+,11?,12-,13-,14-,15+/m0/s1. The molecule has 1 aliphatic heterocycles. The van der Waals surface area contributed by atoms with E-state index in [1.165, 1.54) is 19.3 Å². The van der Waals surface area contributed by atoms with Crippen LogP contribution in [-0.2, 0) is 4.74 Å². The summed E-state index contributed by atoms with van der Waals surface area (Å²) in [7, 11) is 0. The number of aliphatic hydroxyl groups is 1. The molecule has 0 bridgehead atoms. The molecule has 0 aromatic rings. The van der Waals surface area contributed by atoms with Crippen molar-refractivity contribution in [1.82, 2.24) is 0 Å². The maximum atomic E-state index is 10.5. The van der Waals surface area contributed by atoms with Gasteiger partial charge in [0.2, 0.25) is 0 Å². The molecule has 0 aromatic heterocycles. The van der Waals surface area contributed by atoms with Crippen molar-refractivity contribution in [1.29, 1.82) is 0 Å². The van der Waals surface area contributed by atoms with Crippen LogP contribution in [0, 0.1) is 23.7 Å². The molecule has 3 fully saturated rings. The molecule has 0 radical (unpaired) electrons. The minimum atomic E-state index is -0.330. The molecule has 96 valence electrons. The van der Waals surface area contributed by atoms with Crippen molar-refractivity contribution in [2.75, 3.05) is 0 Å². The molecule has 2 nitrogen and oxygen atoms in total. The van der Waals surface area contributed by atoms with Crippen LogP contribution in [0.15, 0.2) is 12.2 Å². The van der Waals surface area contributed by atoms with Crippen molar-refractivity contribution in [2.24, 2.45) is 23.7 Å². The third-order valence-electron chi connectivity index (χ3n) is 5.50. The van der Waals surface area contributed by atoms with Crippen molar-refractivity contribution < 1.29 is 9.84 Å². The average molecular weight is 236 g/mol. The summed E-state index contributed by atoms with van der Waals surface area (Å²) in [5.41, 5.74) is 1.11. The molecule has 1 unspecified atom stereocenters. The molecule has 1 heterocycles. The van der Waals surface area contributed by atoms with Gasteiger partial charge in [0.1, 0.15) is 6.10 Å². The molecule has 0 amide bonds. The van der Waals surface area contributed by atoms with E-state index >= 15 is 0 Å². The lowest BCUT2D eigenvalue weighted by molar-refractivity contribution is -0.00380. The molecule has 17 heavy (non-hydrogen) atoms. The number of ether oxygens (including phenoxy) is 1. The van der Waals surface area contributed by atoms with Crippen LogP contribution in [0.25, 0.3) is 0 Å². The van der Waals surface area contributed by atoms with Gasteiger partial charge in [0.05, 0.1) is 11.7 Å². The summed E-state index contributed by atoms with van der Waals surface area (Å²) < 4.78 is 5.87. The first-order chi connectivity index (χ1) is 7.95. The lowest BCUT2D eigenvalue weighted by atomic mass is 9.57. The lowest BCUT2D eigenvalue weighted by Crippen LogP contribution is -2.50. The van der Waals surface area contributed by atoms with Crippen molar-refractivity contribution in [2.45, 2.75) is 57.8 Å². The SMILES string of the molecule is C=C(C)[C@@H]1[C@H](O)[C@@H]2O[C@]2(C)C2CC[C@H](C)C[C@H]21. The summed E-state index contributed by atoms with van der Waals surface area (Å²) in [5.74, 6) is 2.25. The Labute approximate surface area is 104 Å². The fraction of sp³-hybridized carbons (Fsp3) is 0.867. The summed E-state index contributed by atoms with van der Waals surface area (Å²) in [5, 5.41) is 10.5. The Morgan fingerprint density at radius 1 is 1.41 bits per heavy atom. The van der Waals surface area contributed by atoms with Crippen LogP contribution in [-0.4, -0.2) is 22.9 Å². The molecule has 1 saturated heterocycles. The first kappa shape index (κ1) is 11.7. The molecule has 2 aliphatic carbocycles. The fourth-order valence-electron chi connectivity index (χ4n) is 4.58. The van der Waals surface area contributed by atoms with E-state index in [-0.39, 0.29) is 23.7 Å². The van der Waals surface area contributed by atoms with Gasteiger partial charge >= 0.3 is 0 Å². The van der Waals surface area contributed by atoms with Crippen molar-refractivity contribution in [3.8, 4) is 0 Å². The molecule has 2 heteroatoms. The number of hydrogen-bond acceptors (Lipinski definition) is 2. The van der Waals surface area contributed by atoms with Crippen LogP contribution in [0.3, 0.4) is 0 Å². The van der Waals surface area contributed by atoms with Gasteiger partial charge in [0.25, 0.3) is 0 Å². The third kappa shape index (κ3) is 1.53. The van der Waals surface area contributed by atoms with Crippen molar-refractivity contribution in [3.63, 3.8) is 0 Å². The van der Waals surface area contributed by atoms with E-state index in [1.807, 2.05) is 0 Å². The molecular weight excluding hydrogens is 212 g/mol. The van der Waals surface area contributed by atoms with E-state index in [0.717, 1.165) is 11.5 Å². The smallest absolute Gasteiger partial charge is 0.114 e. The zero-order chi connectivity index (χ0) is 12.4. The van der Waals surface area contributed by atoms with Crippen LogP contribution in [0.4, 0.5) is 0 Å². The van der Waals surface area contributed by atoms with Gasteiger partial charge in [-0.3, -0.25) is 0 Å². The predicted molar refractivity (Wildman–Crippen MR) is 67.6 cm³/mol. The Morgan fingerprint density at radius 3 is 2.76 bits per heavy atom. The van der Waals surface area contributed by atoms with Gasteiger partial charge in [-0.05, 0) is 44.4 Å². The molecule has 2 saturated carbocycles. The highest BCUT2D eigenvalue weighted by Gasteiger charge is 2.68. The molecule has 7 atom stereocenters. The summed E-state index contributed by atoms with van der Waals surface area (Å²) in [6, 6.07) is 0. The molecule has 0 spiro atoms. The van der Waals surface area contributed by atoms with Gasteiger partial charge in [-0.15, -0.1) is 0 Å². The minimum absolute atomic E-state index is 0.0316. The Bertz CT molecular complexity index is 351. The molecule has 0 aromatic carbocycles. The van der Waals surface area contributed by atoms with Crippen LogP contribution in [0.2, 0.25) is 0 Å². The van der Waals surface area contributed by atoms with E-state index in [1.54, 1.807) is 0 Å². The first-order valence-electron chi connectivity index (χ1n) is 6.96. The molecule has 1 N–H and O–H groups in total. The summed E-state index contributed by atoms with van der Waals surface area (Å²) in [4.78, 5) is 0. The van der Waals surface area contributed by atoms with Gasteiger partial charge in [-0.25, -0.2) is 0 Å². The van der Waals surface area contributed by atoms with Gasteiger partial charge in [-0.1, -0.05) is 25.5 Å². The molecule has 3 aliphatic rings. The predicted octanol–water partition coefficient (Wildman–Crippen LogP) is 2.76. The van der Waals surface area contributed by atoms with Gasteiger partial charge < -0.3 is 9.84 Å². The van der Waals surface area contributed by atoms with Crippen LogP contribution in [0.5, 0.6) is 0 Å². The zero-order valence-corrected chi connectivity index (χ0v) is 11.1. The third-order valence-corrected chi connectivity index (χ3v) is 5.50. The number of rotatable bonds is 1. The topological polar surface area (TPSA) is 32.8 Å². The second-order valence-electron chi connectivity index (χ2n) is 6.77. The second-order valence-corrected chi connectivity index (χ2v) is 6.77. The highest BCUT2D eigenvalue weighted by Crippen LogP contribution is 2.60. The lowest BCUT2D eigenvalue weighted by Gasteiger charge is -2.46. The maximum absolute atomic E-state index is 10.5. The van der Waals surface area contributed by atoms with E-state index in [9.17, 15) is 5.11 Å². The van der Waals surface area contributed by atoms with E-state index < -0.39 is 0 Å². The summed E-state index contributed by atoms with van der Waals surface area (Å²) in [6.07, 6.45) is 3.54. The monoisotopic (exact) mass is 236 g/mol. The van der Waals surface area contributed by atoms with Gasteiger partial charge in [-0.2, -0.15) is 0 Å². The highest BCUT2D eigenvalue weighted by molar-refractivity contribution is 5.21. The van der Waals surface area contributed by atoms with Crippen LogP contribution < -0.4 is 0 Å². The zero-order valence-electron chi connectivity index (χ0n) is 11.1. The second kappa shape index (κ2) is 3.58. The van der Waals surface area contributed by atoms with E-state index in [0.29, 0.717) is 11.8 Å². The Morgan fingerprint density at radius 2 is 2.12 bits per heavy atom. The van der Waals surface area contributed by atoms with Crippen LogP contribution >= 0.6 is 0 Å². The van der Waals surface area contributed by atoms with Crippen molar-refractivity contribution in [3.05, 3.63) is 12.2 Å². The van der Waals surface area contributed by atoms with Gasteiger partial charge in [0, 0.05) is 5.92 Å². The Hall–Kier alpha value is -0.340. The maximum Gasteiger partial charge on any atom is 0.114 e. The van der Waals surface area contributed by atoms with Crippen LogP contribution in [0.1, 0.15) is 40.0 Å². The van der Waals surface area contributed by atoms with E-state index in [2.05, 4.69) is 27.4 Å². The fourth-order valence-corrected chi connectivity index (χ4v) is 4.58. The van der Waals surface area contributed by atoms with E-state index in [4.69, 9.17) is 4.74 Å². The molecule has 3 rings (SSSR count). The normalized spacial score (nSPS) is 56.9. The average Bonchev–Trinajstić information content (AvgIpc) is 2.91. The first-order valence-corrected chi connectivity index (χ1v) is 6.96. The van der Waals surface area contributed by atoms with Crippen molar-refractivity contribution >= 4 is 0 Å². The Kier molecular flexibility index (Phi) is 2.47. The number of epoxide rings is 1. The number of fused-ring (bicyclic) bond motifs is 3. The minimum Gasteiger partial charge on any atom is -0.390 e. The largest absolute Gasteiger partial charge is 0.390 e. The number of hydrogen-bond donors (Lipinski definition) is 1. The Balaban J connectivity index is 1.93. The number of aliphatic hydroxyl groups excluding tert-OH is 1.